The van der Waals surface area contributed by atoms with Crippen LogP contribution in [-0.4, -0.2) is 44.8 Å². The molecule has 0 aliphatic carbocycles. The average molecular weight is 322 g/mol. The monoisotopic (exact) mass is 322 g/mol. The normalized spacial score (nSPS) is 15.9. The molecule has 0 radical (unpaired) electrons. The van der Waals surface area contributed by atoms with Crippen molar-refractivity contribution in [1.29, 1.82) is 0 Å². The molecule has 1 amide bonds. The molecule has 0 aromatic carbocycles. The van der Waals surface area contributed by atoms with Crippen molar-refractivity contribution in [2.75, 3.05) is 13.1 Å². The fraction of sp³-hybridized carbons (Fsp3) is 0.400. The number of amides is 1. The van der Waals surface area contributed by atoms with Gasteiger partial charge in [-0.05, 0) is 18.2 Å². The first-order valence-electron chi connectivity index (χ1n) is 7.33. The van der Waals surface area contributed by atoms with Gasteiger partial charge < -0.3 is 9.64 Å². The molecule has 2 aromatic heterocycles. The Morgan fingerprint density at radius 2 is 2.09 bits per heavy atom. The molecular formula is C15H16F2N4O2. The number of ether oxygens (including phenoxy) is 1. The molecule has 0 atom stereocenters. The minimum absolute atomic E-state index is 0.0156. The summed E-state index contributed by atoms with van der Waals surface area (Å²) < 4.78 is 31.3. The fourth-order valence-electron chi connectivity index (χ4n) is 2.51. The number of pyridine rings is 1. The topological polar surface area (TPSA) is 60.2 Å². The van der Waals surface area contributed by atoms with Gasteiger partial charge in [0.2, 0.25) is 0 Å². The maximum Gasteiger partial charge on any atom is 0.333 e. The van der Waals surface area contributed by atoms with E-state index in [-0.39, 0.29) is 17.7 Å². The summed E-state index contributed by atoms with van der Waals surface area (Å²) in [7, 11) is 0. The van der Waals surface area contributed by atoms with Crippen molar-refractivity contribution in [2.24, 2.45) is 0 Å². The molecule has 1 aliphatic rings. The minimum atomic E-state index is -2.74. The van der Waals surface area contributed by atoms with E-state index >= 15 is 0 Å². The highest BCUT2D eigenvalue weighted by Gasteiger charge is 2.26. The first-order chi connectivity index (χ1) is 11.1. The van der Waals surface area contributed by atoms with Crippen molar-refractivity contribution in [3.8, 4) is 5.75 Å². The molecule has 122 valence electrons. The second kappa shape index (κ2) is 6.72. The number of likely N-dealkylation sites (tertiary alicyclic amines) is 1. The summed E-state index contributed by atoms with van der Waals surface area (Å²) in [5, 5.41) is 3.61. The molecule has 0 N–H and O–H groups in total. The molecule has 3 rings (SSSR count). The van der Waals surface area contributed by atoms with E-state index in [1.54, 1.807) is 23.4 Å². The standard InChI is InChI=1S/C15H16F2N4O2/c16-15(17)21-9-5-13(19-21)14(22)20-7-3-11(4-8-20)23-12-2-1-6-18-10-12/h1-2,5-6,9-11,15H,3-4,7-8H2. The Bertz CT molecular complexity index is 655. The van der Waals surface area contributed by atoms with E-state index in [2.05, 4.69) is 10.1 Å². The van der Waals surface area contributed by atoms with E-state index in [1.807, 2.05) is 6.07 Å². The zero-order chi connectivity index (χ0) is 16.2. The van der Waals surface area contributed by atoms with Gasteiger partial charge >= 0.3 is 6.55 Å². The van der Waals surface area contributed by atoms with Gasteiger partial charge in [0.05, 0.1) is 6.20 Å². The van der Waals surface area contributed by atoms with Crippen LogP contribution in [0.3, 0.4) is 0 Å². The van der Waals surface area contributed by atoms with Crippen LogP contribution in [0.15, 0.2) is 36.8 Å². The van der Waals surface area contributed by atoms with Crippen molar-refractivity contribution in [3.63, 3.8) is 0 Å². The Balaban J connectivity index is 1.54. The third kappa shape index (κ3) is 3.64. The number of rotatable bonds is 4. The minimum Gasteiger partial charge on any atom is -0.489 e. The molecule has 23 heavy (non-hydrogen) atoms. The Kier molecular flexibility index (Phi) is 4.50. The van der Waals surface area contributed by atoms with Crippen LogP contribution in [0, 0.1) is 0 Å². The highest BCUT2D eigenvalue weighted by Crippen LogP contribution is 2.19. The lowest BCUT2D eigenvalue weighted by Gasteiger charge is -2.31. The van der Waals surface area contributed by atoms with Crippen molar-refractivity contribution in [1.82, 2.24) is 19.7 Å². The molecule has 2 aromatic rings. The van der Waals surface area contributed by atoms with Crippen LogP contribution in [0.25, 0.3) is 0 Å². The third-order valence-electron chi connectivity index (χ3n) is 3.69. The van der Waals surface area contributed by atoms with Gasteiger partial charge in [0, 0.05) is 38.3 Å². The first kappa shape index (κ1) is 15.4. The lowest BCUT2D eigenvalue weighted by molar-refractivity contribution is 0.0525. The number of hydrogen-bond acceptors (Lipinski definition) is 4. The van der Waals surface area contributed by atoms with Crippen molar-refractivity contribution in [2.45, 2.75) is 25.5 Å². The Morgan fingerprint density at radius 3 is 2.70 bits per heavy atom. The Labute approximate surface area is 131 Å². The molecule has 6 nitrogen and oxygen atoms in total. The predicted molar refractivity (Wildman–Crippen MR) is 77.3 cm³/mol. The summed E-state index contributed by atoms with van der Waals surface area (Å²) in [5.41, 5.74) is 0.0388. The Hall–Kier alpha value is -2.51. The van der Waals surface area contributed by atoms with Crippen molar-refractivity contribution in [3.05, 3.63) is 42.5 Å². The first-order valence-corrected chi connectivity index (χ1v) is 7.33. The summed E-state index contributed by atoms with van der Waals surface area (Å²) in [4.78, 5) is 17.9. The number of halogens is 2. The number of hydrogen-bond donors (Lipinski definition) is 0. The lowest BCUT2D eigenvalue weighted by Crippen LogP contribution is -2.42. The van der Waals surface area contributed by atoms with Gasteiger partial charge in [-0.3, -0.25) is 9.78 Å². The maximum atomic E-state index is 12.5. The largest absolute Gasteiger partial charge is 0.489 e. The van der Waals surface area contributed by atoms with Crippen molar-refractivity contribution < 1.29 is 18.3 Å². The number of carbonyl (C=O) groups excluding carboxylic acids is 1. The summed E-state index contributed by atoms with van der Waals surface area (Å²) in [6.45, 7) is -1.73. The van der Waals surface area contributed by atoms with E-state index in [0.717, 1.165) is 6.20 Å². The van der Waals surface area contributed by atoms with Crippen LogP contribution in [0.5, 0.6) is 5.75 Å². The predicted octanol–water partition coefficient (Wildman–Crippen LogP) is 2.36. The summed E-state index contributed by atoms with van der Waals surface area (Å²) in [6.07, 6.45) is 5.80. The van der Waals surface area contributed by atoms with Gasteiger partial charge in [-0.25, -0.2) is 4.68 Å². The van der Waals surface area contributed by atoms with E-state index < -0.39 is 6.55 Å². The van der Waals surface area contributed by atoms with E-state index in [0.29, 0.717) is 36.4 Å². The van der Waals surface area contributed by atoms with Gasteiger partial charge in [0.1, 0.15) is 11.9 Å². The van der Waals surface area contributed by atoms with Crippen LogP contribution >= 0.6 is 0 Å². The maximum absolute atomic E-state index is 12.5. The number of piperidine rings is 1. The molecule has 8 heteroatoms. The zero-order valence-corrected chi connectivity index (χ0v) is 12.3. The van der Waals surface area contributed by atoms with Crippen molar-refractivity contribution >= 4 is 5.91 Å². The molecule has 1 aliphatic heterocycles. The molecule has 1 saturated heterocycles. The van der Waals surface area contributed by atoms with Crippen LogP contribution in [0.1, 0.15) is 29.9 Å². The molecule has 1 fully saturated rings. The number of aromatic nitrogens is 3. The quantitative estimate of drug-likeness (QED) is 0.867. The number of carbonyl (C=O) groups is 1. The molecule has 3 heterocycles. The van der Waals surface area contributed by atoms with Gasteiger partial charge in [-0.1, -0.05) is 0 Å². The van der Waals surface area contributed by atoms with Crippen LogP contribution in [-0.2, 0) is 0 Å². The fourth-order valence-corrected chi connectivity index (χ4v) is 2.51. The lowest BCUT2D eigenvalue weighted by atomic mass is 10.1. The summed E-state index contributed by atoms with van der Waals surface area (Å²) >= 11 is 0. The van der Waals surface area contributed by atoms with E-state index in [4.69, 9.17) is 4.74 Å². The van der Waals surface area contributed by atoms with E-state index in [9.17, 15) is 13.6 Å². The Morgan fingerprint density at radius 1 is 1.30 bits per heavy atom. The summed E-state index contributed by atoms with van der Waals surface area (Å²) in [6, 6.07) is 4.95. The molecular weight excluding hydrogens is 306 g/mol. The molecule has 0 bridgehead atoms. The second-order valence-electron chi connectivity index (χ2n) is 5.26. The molecule has 0 saturated carbocycles. The highest BCUT2D eigenvalue weighted by molar-refractivity contribution is 5.92. The average Bonchev–Trinajstić information content (AvgIpc) is 3.06. The third-order valence-corrected chi connectivity index (χ3v) is 3.69. The zero-order valence-electron chi connectivity index (χ0n) is 12.3. The SMILES string of the molecule is O=C(c1ccn(C(F)F)n1)N1CCC(Oc2cccnc2)CC1. The summed E-state index contributed by atoms with van der Waals surface area (Å²) in [5.74, 6) is 0.372. The molecule has 0 spiro atoms. The van der Waals surface area contributed by atoms with E-state index in [1.165, 1.54) is 6.07 Å². The number of nitrogens with zero attached hydrogens (tertiary/aromatic N) is 4. The smallest absolute Gasteiger partial charge is 0.333 e. The second-order valence-corrected chi connectivity index (χ2v) is 5.26. The van der Waals surface area contributed by atoms with Crippen LogP contribution in [0.4, 0.5) is 8.78 Å². The van der Waals surface area contributed by atoms with Crippen LogP contribution in [0.2, 0.25) is 0 Å². The van der Waals surface area contributed by atoms with Gasteiger partial charge in [0.15, 0.2) is 5.69 Å². The van der Waals surface area contributed by atoms with Gasteiger partial charge in [-0.2, -0.15) is 13.9 Å². The molecule has 0 unspecified atom stereocenters. The van der Waals surface area contributed by atoms with Gasteiger partial charge in [-0.15, -0.1) is 0 Å². The van der Waals surface area contributed by atoms with Crippen LogP contribution < -0.4 is 4.74 Å². The van der Waals surface area contributed by atoms with Gasteiger partial charge in [0.25, 0.3) is 5.91 Å². The highest BCUT2D eigenvalue weighted by atomic mass is 19.3. The number of alkyl halides is 2.